The summed E-state index contributed by atoms with van der Waals surface area (Å²) in [5.41, 5.74) is 7.53. The van der Waals surface area contributed by atoms with Crippen molar-refractivity contribution in [3.63, 3.8) is 0 Å². The molecule has 1 N–H and O–H groups in total. The van der Waals surface area contributed by atoms with Crippen molar-refractivity contribution in [3.8, 4) is 16.9 Å². The van der Waals surface area contributed by atoms with E-state index in [0.717, 1.165) is 79.0 Å². The number of thioether (sulfide) groups is 1. The highest BCUT2D eigenvalue weighted by atomic mass is 35.5. The lowest BCUT2D eigenvalue weighted by Crippen LogP contribution is -2.23. The predicted octanol–water partition coefficient (Wildman–Crippen LogP) is 7.92. The Bertz CT molecular complexity index is 2310. The zero-order valence-electron chi connectivity index (χ0n) is 27.8. The van der Waals surface area contributed by atoms with Gasteiger partial charge in [0.2, 0.25) is 0 Å². The molecule has 2 aliphatic rings. The summed E-state index contributed by atoms with van der Waals surface area (Å²) in [5.74, 6) is 0.0587. The van der Waals surface area contributed by atoms with Crippen LogP contribution in [0.3, 0.4) is 0 Å². The van der Waals surface area contributed by atoms with Crippen LogP contribution >= 0.6 is 23.4 Å². The van der Waals surface area contributed by atoms with Gasteiger partial charge in [-0.25, -0.2) is 9.18 Å². The summed E-state index contributed by atoms with van der Waals surface area (Å²) in [7, 11) is 5.89. The molecule has 3 aromatic heterocycles. The van der Waals surface area contributed by atoms with Crippen molar-refractivity contribution >= 4 is 51.0 Å². The minimum Gasteiger partial charge on any atom is -0.493 e. The van der Waals surface area contributed by atoms with Crippen LogP contribution in [0.2, 0.25) is 5.02 Å². The molecular formula is C37H36ClFN6O3S. The van der Waals surface area contributed by atoms with E-state index in [1.54, 1.807) is 29.4 Å². The van der Waals surface area contributed by atoms with Crippen molar-refractivity contribution in [1.82, 2.24) is 29.0 Å². The molecule has 0 saturated heterocycles. The first-order valence-corrected chi connectivity index (χ1v) is 17.8. The Morgan fingerprint density at radius 3 is 2.69 bits per heavy atom. The van der Waals surface area contributed by atoms with Crippen molar-refractivity contribution in [3.05, 3.63) is 93.4 Å². The van der Waals surface area contributed by atoms with Gasteiger partial charge in [0.25, 0.3) is 0 Å². The van der Waals surface area contributed by atoms with Gasteiger partial charge in [-0.15, -0.1) is 11.8 Å². The average molecular weight is 699 g/mol. The van der Waals surface area contributed by atoms with Crippen molar-refractivity contribution in [1.29, 1.82) is 0 Å². The largest absolute Gasteiger partial charge is 0.493 e. The Morgan fingerprint density at radius 1 is 1.06 bits per heavy atom. The molecule has 0 amide bonds. The Labute approximate surface area is 292 Å². The molecule has 9 nitrogen and oxygen atoms in total. The molecular weight excluding hydrogens is 663 g/mol. The van der Waals surface area contributed by atoms with Gasteiger partial charge in [0.05, 0.1) is 40.3 Å². The summed E-state index contributed by atoms with van der Waals surface area (Å²) in [6, 6.07) is 14.8. The van der Waals surface area contributed by atoms with E-state index in [4.69, 9.17) is 26.5 Å². The van der Waals surface area contributed by atoms with E-state index in [0.29, 0.717) is 42.5 Å². The molecule has 0 radical (unpaired) electrons. The molecule has 6 aromatic rings. The highest BCUT2D eigenvalue weighted by Crippen LogP contribution is 2.46. The van der Waals surface area contributed by atoms with Crippen molar-refractivity contribution < 1.29 is 19.0 Å². The van der Waals surface area contributed by atoms with E-state index < -0.39 is 5.97 Å². The molecule has 2 aliphatic heterocycles. The van der Waals surface area contributed by atoms with Gasteiger partial charge >= 0.3 is 5.97 Å². The smallest absolute Gasteiger partial charge is 0.352 e. The van der Waals surface area contributed by atoms with Crippen LogP contribution in [-0.2, 0) is 39.4 Å². The molecule has 8 bridgehead atoms. The lowest BCUT2D eigenvalue weighted by molar-refractivity contribution is 0.0685. The fraction of sp³-hybridized carbons (Fsp3) is 0.324. The number of halogens is 2. The van der Waals surface area contributed by atoms with Gasteiger partial charge in [0.15, 0.2) is 0 Å². The van der Waals surface area contributed by atoms with E-state index in [1.165, 1.54) is 12.1 Å². The number of benzene rings is 3. The second-order valence-electron chi connectivity index (χ2n) is 13.1. The molecule has 0 aliphatic carbocycles. The Hall–Kier alpha value is -4.32. The van der Waals surface area contributed by atoms with Gasteiger partial charge in [-0.1, -0.05) is 17.7 Å². The maximum Gasteiger partial charge on any atom is 0.352 e. The molecule has 252 valence electrons. The lowest BCUT2D eigenvalue weighted by atomic mass is 9.95. The number of rotatable bonds is 1. The number of carbonyl (C=O) groups is 1. The van der Waals surface area contributed by atoms with Crippen LogP contribution in [0.15, 0.2) is 53.4 Å². The van der Waals surface area contributed by atoms with Crippen LogP contribution in [-0.4, -0.2) is 53.8 Å². The third kappa shape index (κ3) is 5.39. The number of nitrogens with zero attached hydrogens (tertiary/aromatic N) is 6. The second kappa shape index (κ2) is 12.2. The van der Waals surface area contributed by atoms with Gasteiger partial charge in [-0.3, -0.25) is 14.3 Å². The van der Waals surface area contributed by atoms with Crippen molar-refractivity contribution in [2.75, 3.05) is 13.7 Å². The number of aryl methyl sites for hydroxylation is 5. The molecule has 5 heterocycles. The zero-order chi connectivity index (χ0) is 34.1. The minimum absolute atomic E-state index is 0.0590. The van der Waals surface area contributed by atoms with Crippen LogP contribution < -0.4 is 4.74 Å². The second-order valence-corrected chi connectivity index (χ2v) is 14.5. The molecule has 8 rings (SSSR count). The highest BCUT2D eigenvalue weighted by Gasteiger charge is 2.35. The minimum atomic E-state index is -0.992. The number of hydrogen-bond donors (Lipinski definition) is 1. The fourth-order valence-corrected chi connectivity index (χ4v) is 9.04. The van der Waals surface area contributed by atoms with Gasteiger partial charge < -0.3 is 14.4 Å². The molecule has 0 saturated carbocycles. The summed E-state index contributed by atoms with van der Waals surface area (Å²) in [6.07, 6.45) is 1.95. The molecule has 3 aromatic carbocycles. The van der Waals surface area contributed by atoms with E-state index in [-0.39, 0.29) is 17.6 Å². The molecule has 12 heteroatoms. The maximum atomic E-state index is 14.3. The lowest BCUT2D eigenvalue weighted by Gasteiger charge is -2.24. The molecule has 0 fully saturated rings. The van der Waals surface area contributed by atoms with Crippen molar-refractivity contribution in [2.24, 2.45) is 14.1 Å². The molecule has 1 atom stereocenters. The number of aromatic nitrogens is 5. The summed E-state index contributed by atoms with van der Waals surface area (Å²) in [5, 5.41) is 23.3. The number of carboxylic acid groups (broad SMARTS) is 1. The highest BCUT2D eigenvalue weighted by molar-refractivity contribution is 7.98. The SMILES string of the molecule is Cc1nn2c3c1-c1c(Cl)ccc4c(c(C(=O)O)n(C)c14)CCCOc1cc(cc4cc(F)ccc14)SCc1cc(nn1C)CN(C)C3CC2. The summed E-state index contributed by atoms with van der Waals surface area (Å²) < 4.78 is 26.5. The van der Waals surface area contributed by atoms with Gasteiger partial charge in [-0.2, -0.15) is 10.2 Å². The van der Waals surface area contributed by atoms with Gasteiger partial charge in [0.1, 0.15) is 17.3 Å². The van der Waals surface area contributed by atoms with Crippen LogP contribution in [0.25, 0.3) is 32.8 Å². The molecule has 49 heavy (non-hydrogen) atoms. The first kappa shape index (κ1) is 31.9. The van der Waals surface area contributed by atoms with Gasteiger partial charge in [0, 0.05) is 65.4 Å². The average Bonchev–Trinajstić information content (AvgIpc) is 3.78. The Balaban J connectivity index is 1.29. The van der Waals surface area contributed by atoms with Crippen molar-refractivity contribution in [2.45, 2.75) is 56.0 Å². The number of ether oxygens (including phenoxy) is 1. The normalized spacial score (nSPS) is 17.0. The van der Waals surface area contributed by atoms with Gasteiger partial charge in [-0.05, 0) is 86.6 Å². The number of carboxylic acids is 1. The number of fused-ring (bicyclic) bond motifs is 7. The number of aromatic carboxylic acids is 1. The quantitative estimate of drug-likeness (QED) is 0.187. The van der Waals surface area contributed by atoms with Crippen LogP contribution in [0.1, 0.15) is 57.7 Å². The summed E-state index contributed by atoms with van der Waals surface area (Å²) in [6.45, 7) is 3.77. The van der Waals surface area contributed by atoms with E-state index >= 15 is 0 Å². The summed E-state index contributed by atoms with van der Waals surface area (Å²) in [4.78, 5) is 16.1. The van der Waals surface area contributed by atoms with E-state index in [1.807, 2.05) is 42.9 Å². The summed E-state index contributed by atoms with van der Waals surface area (Å²) >= 11 is 8.72. The molecule has 0 spiro atoms. The Kier molecular flexibility index (Phi) is 7.96. The van der Waals surface area contributed by atoms with Crippen LogP contribution in [0, 0.1) is 12.7 Å². The predicted molar refractivity (Wildman–Crippen MR) is 190 cm³/mol. The van der Waals surface area contributed by atoms with Crippen LogP contribution in [0.4, 0.5) is 4.39 Å². The Morgan fingerprint density at radius 2 is 1.88 bits per heavy atom. The molecule has 1 unspecified atom stereocenters. The zero-order valence-corrected chi connectivity index (χ0v) is 29.3. The first-order chi connectivity index (χ1) is 23.6. The third-order valence-corrected chi connectivity index (χ3v) is 11.3. The third-order valence-electron chi connectivity index (χ3n) is 9.99. The topological polar surface area (TPSA) is 90.3 Å². The number of hydrogen-bond acceptors (Lipinski definition) is 6. The van der Waals surface area contributed by atoms with E-state index in [9.17, 15) is 14.3 Å². The monoisotopic (exact) mass is 698 g/mol. The fourth-order valence-electron chi connectivity index (χ4n) is 7.81. The van der Waals surface area contributed by atoms with Crippen LogP contribution in [0.5, 0.6) is 5.75 Å². The maximum absolute atomic E-state index is 14.3. The standard InChI is InChI=1S/C37H36ClFN6O3S/c1-20-32-33-29(38)10-9-28-27(35(37(46)47)43(3)34(28)33)6-5-13-48-31-17-25(15-21-14-22(39)7-8-26(21)31)49-19-24-16-23(41-44(24)4)18-42(2)30-11-12-45(40-20)36(30)32/h7-10,14-17,30H,5-6,11-13,18-19H2,1-4H3,(H,46,47). The van der Waals surface area contributed by atoms with E-state index in [2.05, 4.69) is 22.7 Å². The first-order valence-electron chi connectivity index (χ1n) is 16.4.